The van der Waals surface area contributed by atoms with Crippen LogP contribution in [0, 0.1) is 0 Å². The Bertz CT molecular complexity index is 1280. The third-order valence-electron chi connectivity index (χ3n) is 6.90. The quantitative estimate of drug-likeness (QED) is 0.460. The van der Waals surface area contributed by atoms with Crippen LogP contribution < -0.4 is 10.2 Å². The smallest absolute Gasteiger partial charge is 0.222 e. The Morgan fingerprint density at radius 2 is 1.92 bits per heavy atom. The number of hydrogen-bond donors (Lipinski definition) is 3. The molecule has 3 aromatic rings. The summed E-state index contributed by atoms with van der Waals surface area (Å²) in [5.41, 5.74) is 4.16. The van der Waals surface area contributed by atoms with E-state index in [4.69, 9.17) is 9.73 Å². The number of rotatable bonds is 1. The molecule has 37 heavy (non-hydrogen) atoms. The molecule has 4 heterocycles. The molecule has 3 N–H and O–H groups in total. The van der Waals surface area contributed by atoms with Gasteiger partial charge in [-0.1, -0.05) is 0 Å². The molecule has 1 amide bonds. The highest BCUT2D eigenvalue weighted by atomic mass is 16.5. The van der Waals surface area contributed by atoms with E-state index < -0.39 is 0 Å². The number of hydrogen-bond acceptors (Lipinski definition) is 9. The second kappa shape index (κ2) is 11.1. The van der Waals surface area contributed by atoms with Gasteiger partial charge in [-0.2, -0.15) is 0 Å². The number of H-pyrrole nitrogens is 1. The lowest BCUT2D eigenvalue weighted by Crippen LogP contribution is -2.37. The highest BCUT2D eigenvalue weighted by Crippen LogP contribution is 2.31. The fourth-order valence-corrected chi connectivity index (χ4v) is 4.85. The van der Waals surface area contributed by atoms with Gasteiger partial charge in [-0.25, -0.2) is 9.97 Å². The number of fused-ring (bicyclic) bond motifs is 2. The second-order valence-corrected chi connectivity index (χ2v) is 9.59. The van der Waals surface area contributed by atoms with Crippen LogP contribution in [-0.2, 0) is 16.1 Å². The van der Waals surface area contributed by atoms with Crippen LogP contribution in [-0.4, -0.2) is 102 Å². The SMILES string of the molecule is CN1CCCC(=O)N(C)CCNc2ncnc3[nH]c(O)c(c23)C=Nc2ccc(N3CCOCC3)c(c2)C1. The van der Waals surface area contributed by atoms with Crippen LogP contribution in [0.2, 0.25) is 0 Å². The van der Waals surface area contributed by atoms with E-state index in [0.29, 0.717) is 55.1 Å². The van der Waals surface area contributed by atoms with Crippen molar-refractivity contribution in [3.05, 3.63) is 35.7 Å². The molecule has 11 heteroatoms. The van der Waals surface area contributed by atoms with Crippen molar-refractivity contribution in [1.29, 1.82) is 0 Å². The Morgan fingerprint density at radius 3 is 2.76 bits per heavy atom. The van der Waals surface area contributed by atoms with E-state index in [-0.39, 0.29) is 11.8 Å². The van der Waals surface area contributed by atoms with Gasteiger partial charge in [0, 0.05) is 58.1 Å². The van der Waals surface area contributed by atoms with E-state index in [1.807, 2.05) is 13.1 Å². The molecule has 0 atom stereocenters. The molecule has 1 saturated heterocycles. The summed E-state index contributed by atoms with van der Waals surface area (Å²) >= 11 is 0. The van der Waals surface area contributed by atoms with Crippen LogP contribution in [0.25, 0.3) is 11.0 Å². The van der Waals surface area contributed by atoms with Crippen LogP contribution in [0.3, 0.4) is 0 Å². The predicted octanol–water partition coefficient (Wildman–Crippen LogP) is 2.35. The highest BCUT2D eigenvalue weighted by molar-refractivity contribution is 6.06. The van der Waals surface area contributed by atoms with Crippen LogP contribution in [0.15, 0.2) is 29.5 Å². The summed E-state index contributed by atoms with van der Waals surface area (Å²) in [5, 5.41) is 14.6. The molecule has 196 valence electrons. The molecule has 2 aliphatic rings. The minimum atomic E-state index is -0.0195. The molecule has 1 fully saturated rings. The minimum absolute atomic E-state index is 0.0195. The van der Waals surface area contributed by atoms with E-state index in [9.17, 15) is 9.90 Å². The molecular weight excluding hydrogens is 472 g/mol. The number of aromatic amines is 1. The first-order valence-corrected chi connectivity index (χ1v) is 12.7. The Morgan fingerprint density at radius 1 is 1.08 bits per heavy atom. The number of aliphatic imine (C=N–C) groups is 1. The number of benzene rings is 1. The minimum Gasteiger partial charge on any atom is -0.494 e. The van der Waals surface area contributed by atoms with Gasteiger partial charge < -0.3 is 34.8 Å². The van der Waals surface area contributed by atoms with Crippen molar-refractivity contribution in [3.63, 3.8) is 0 Å². The maximum atomic E-state index is 12.7. The third-order valence-corrected chi connectivity index (χ3v) is 6.90. The average Bonchev–Trinajstić information content (AvgIpc) is 3.23. The molecule has 5 rings (SSSR count). The Kier molecular flexibility index (Phi) is 7.52. The van der Waals surface area contributed by atoms with Crippen molar-refractivity contribution >= 4 is 40.3 Å². The lowest BCUT2D eigenvalue weighted by Gasteiger charge is -2.31. The molecular formula is C26H34N8O3. The molecule has 2 aromatic heterocycles. The first-order chi connectivity index (χ1) is 18.0. The van der Waals surface area contributed by atoms with E-state index in [2.05, 4.69) is 49.2 Å². The largest absolute Gasteiger partial charge is 0.494 e. The van der Waals surface area contributed by atoms with Crippen LogP contribution in [0.4, 0.5) is 17.2 Å². The van der Waals surface area contributed by atoms with Gasteiger partial charge in [0.1, 0.15) is 17.8 Å². The lowest BCUT2D eigenvalue weighted by molar-refractivity contribution is -0.129. The predicted molar refractivity (Wildman–Crippen MR) is 144 cm³/mol. The average molecular weight is 507 g/mol. The molecule has 2 bridgehead atoms. The second-order valence-electron chi connectivity index (χ2n) is 9.59. The van der Waals surface area contributed by atoms with Gasteiger partial charge in [0.25, 0.3) is 0 Å². The van der Waals surface area contributed by atoms with Gasteiger partial charge in [-0.3, -0.25) is 9.79 Å². The van der Waals surface area contributed by atoms with Gasteiger partial charge in [0.15, 0.2) is 5.88 Å². The van der Waals surface area contributed by atoms with Gasteiger partial charge in [0.05, 0.1) is 29.9 Å². The Hall–Kier alpha value is -3.70. The molecule has 0 radical (unpaired) electrons. The van der Waals surface area contributed by atoms with Crippen molar-refractivity contribution in [2.75, 3.05) is 70.2 Å². The van der Waals surface area contributed by atoms with Crippen molar-refractivity contribution in [3.8, 4) is 5.88 Å². The normalized spacial score (nSPS) is 18.5. The zero-order chi connectivity index (χ0) is 25.8. The molecule has 0 aliphatic carbocycles. The third kappa shape index (κ3) is 5.67. The van der Waals surface area contributed by atoms with E-state index in [1.54, 1.807) is 11.1 Å². The summed E-state index contributed by atoms with van der Waals surface area (Å²) in [6.07, 6.45) is 4.37. The standard InChI is InChI=1S/C26H34N8O3/c1-32-8-3-4-22(35)33(2)9-7-27-24-23-20(26(36)31-25(23)30-17-29-24)15-28-19-5-6-21(18(14-19)16-32)34-10-12-37-13-11-34/h5-6,14-15,17,36H,3-4,7-13,16H2,1-2H3,(H2,27,29,30,31). The summed E-state index contributed by atoms with van der Waals surface area (Å²) in [7, 11) is 3.91. The number of aromatic nitrogens is 3. The topological polar surface area (TPSA) is 122 Å². The fraction of sp³-hybridized carbons (Fsp3) is 0.462. The van der Waals surface area contributed by atoms with Gasteiger partial charge in [-0.15, -0.1) is 0 Å². The summed E-state index contributed by atoms with van der Waals surface area (Å²) in [4.78, 5) is 35.3. The number of nitrogens with one attached hydrogen (secondary N) is 2. The fourth-order valence-electron chi connectivity index (χ4n) is 4.85. The first kappa shape index (κ1) is 25.0. The van der Waals surface area contributed by atoms with Crippen LogP contribution in [0.1, 0.15) is 24.0 Å². The maximum absolute atomic E-state index is 12.7. The van der Waals surface area contributed by atoms with Crippen LogP contribution in [0.5, 0.6) is 5.88 Å². The van der Waals surface area contributed by atoms with E-state index in [1.165, 1.54) is 12.0 Å². The number of amides is 1. The highest BCUT2D eigenvalue weighted by Gasteiger charge is 2.19. The van der Waals surface area contributed by atoms with Crippen molar-refractivity contribution < 1.29 is 14.6 Å². The Labute approximate surface area is 216 Å². The van der Waals surface area contributed by atoms with Gasteiger partial charge in [-0.05, 0) is 43.8 Å². The number of carbonyl (C=O) groups is 1. The van der Waals surface area contributed by atoms with Gasteiger partial charge >= 0.3 is 0 Å². The number of morpholine rings is 1. The molecule has 0 unspecified atom stereocenters. The molecule has 0 spiro atoms. The number of likely N-dealkylation sites (N-methyl/N-ethyl adjacent to an activating group) is 1. The molecule has 1 aromatic carbocycles. The summed E-state index contributed by atoms with van der Waals surface area (Å²) in [6.45, 7) is 5.72. The zero-order valence-electron chi connectivity index (χ0n) is 21.4. The molecule has 2 aliphatic heterocycles. The van der Waals surface area contributed by atoms with E-state index >= 15 is 0 Å². The molecule has 0 saturated carbocycles. The number of ether oxygens (including phenoxy) is 1. The number of nitrogens with zero attached hydrogens (tertiary/aromatic N) is 6. The number of carbonyl (C=O) groups excluding carboxylic acids is 1. The van der Waals surface area contributed by atoms with Gasteiger partial charge in [0.2, 0.25) is 5.91 Å². The first-order valence-electron chi connectivity index (χ1n) is 12.7. The number of anilines is 2. The zero-order valence-corrected chi connectivity index (χ0v) is 21.4. The summed E-state index contributed by atoms with van der Waals surface area (Å²) < 4.78 is 5.56. The van der Waals surface area contributed by atoms with E-state index in [0.717, 1.165) is 43.9 Å². The van der Waals surface area contributed by atoms with Crippen molar-refractivity contribution in [2.24, 2.45) is 4.99 Å². The molecule has 11 nitrogen and oxygen atoms in total. The monoisotopic (exact) mass is 506 g/mol. The lowest BCUT2D eigenvalue weighted by atomic mass is 10.1. The van der Waals surface area contributed by atoms with Crippen molar-refractivity contribution in [1.82, 2.24) is 24.8 Å². The number of aromatic hydroxyl groups is 1. The maximum Gasteiger partial charge on any atom is 0.222 e. The van der Waals surface area contributed by atoms with Crippen LogP contribution >= 0.6 is 0 Å². The van der Waals surface area contributed by atoms with Crippen molar-refractivity contribution in [2.45, 2.75) is 19.4 Å². The Balaban J connectivity index is 1.53. The summed E-state index contributed by atoms with van der Waals surface area (Å²) in [6, 6.07) is 6.21. The summed E-state index contributed by atoms with van der Waals surface area (Å²) in [5.74, 6) is 0.677.